The van der Waals surface area contributed by atoms with E-state index < -0.39 is 5.24 Å². The van der Waals surface area contributed by atoms with Crippen LogP contribution in [0, 0.1) is 5.92 Å². The Bertz CT molecular complexity index is 732. The molecule has 1 nitrogen and oxygen atoms in total. The average Bonchev–Trinajstić information content (AvgIpc) is 2.67. The maximum absolute atomic E-state index is 11.2. The van der Waals surface area contributed by atoms with E-state index >= 15 is 0 Å². The first-order valence-corrected chi connectivity index (χ1v) is 10.5. The van der Waals surface area contributed by atoms with E-state index in [0.29, 0.717) is 5.56 Å². The van der Waals surface area contributed by atoms with Gasteiger partial charge in [0.25, 0.3) is 5.24 Å². The second kappa shape index (κ2) is 9.37. The summed E-state index contributed by atoms with van der Waals surface area (Å²) in [5.41, 5.74) is 5.96. The van der Waals surface area contributed by atoms with Gasteiger partial charge in [-0.1, -0.05) is 75.8 Å². The number of hydrogen-bond donors (Lipinski definition) is 0. The highest BCUT2D eigenvalue weighted by Crippen LogP contribution is 2.32. The summed E-state index contributed by atoms with van der Waals surface area (Å²) in [5.74, 6) is 0.865. The molecule has 2 aromatic rings. The van der Waals surface area contributed by atoms with Crippen molar-refractivity contribution in [3.63, 3.8) is 0 Å². The highest BCUT2D eigenvalue weighted by molar-refractivity contribution is 6.67. The molecule has 1 atom stereocenters. The van der Waals surface area contributed by atoms with Gasteiger partial charge in [0.15, 0.2) is 0 Å². The van der Waals surface area contributed by atoms with E-state index in [2.05, 4.69) is 25.1 Å². The first-order chi connectivity index (χ1) is 12.7. The van der Waals surface area contributed by atoms with Gasteiger partial charge >= 0.3 is 0 Å². The zero-order chi connectivity index (χ0) is 18.4. The Kier molecular flexibility index (Phi) is 6.91. The zero-order valence-electron chi connectivity index (χ0n) is 15.8. The van der Waals surface area contributed by atoms with Crippen molar-refractivity contribution in [3.05, 3.63) is 59.2 Å². The summed E-state index contributed by atoms with van der Waals surface area (Å²) in [7, 11) is 0. The molecule has 3 rings (SSSR count). The Labute approximate surface area is 162 Å². The molecule has 0 saturated carbocycles. The van der Waals surface area contributed by atoms with E-state index in [-0.39, 0.29) is 0 Å². The number of fused-ring (bicyclic) bond motifs is 1. The van der Waals surface area contributed by atoms with Gasteiger partial charge in [-0.05, 0) is 71.2 Å². The van der Waals surface area contributed by atoms with Gasteiger partial charge in [-0.15, -0.1) is 0 Å². The van der Waals surface area contributed by atoms with Gasteiger partial charge in [0.2, 0.25) is 0 Å². The topological polar surface area (TPSA) is 17.1 Å². The summed E-state index contributed by atoms with van der Waals surface area (Å²) in [6, 6.07) is 14.5. The van der Waals surface area contributed by atoms with Crippen LogP contribution in [0.2, 0.25) is 0 Å². The number of carbonyl (C=O) groups excluding carboxylic acids is 1. The molecule has 0 fully saturated rings. The van der Waals surface area contributed by atoms with Crippen molar-refractivity contribution >= 4 is 16.8 Å². The number of carbonyl (C=O) groups is 1. The first kappa shape index (κ1) is 19.2. The van der Waals surface area contributed by atoms with Gasteiger partial charge in [-0.25, -0.2) is 0 Å². The van der Waals surface area contributed by atoms with Crippen LogP contribution in [-0.2, 0) is 12.8 Å². The molecule has 0 radical (unpaired) electrons. The minimum atomic E-state index is -0.400. The van der Waals surface area contributed by atoms with E-state index in [1.165, 1.54) is 74.5 Å². The zero-order valence-corrected chi connectivity index (χ0v) is 16.5. The van der Waals surface area contributed by atoms with Gasteiger partial charge < -0.3 is 0 Å². The van der Waals surface area contributed by atoms with Crippen molar-refractivity contribution in [1.82, 2.24) is 0 Å². The first-order valence-electron chi connectivity index (χ1n) is 10.1. The number of benzene rings is 2. The molecule has 2 aromatic carbocycles. The summed E-state index contributed by atoms with van der Waals surface area (Å²) >= 11 is 5.53. The predicted octanol–water partition coefficient (Wildman–Crippen LogP) is 7.20. The minimum Gasteiger partial charge on any atom is -0.276 e. The molecule has 0 bridgehead atoms. The van der Waals surface area contributed by atoms with Gasteiger partial charge in [-0.3, -0.25) is 4.79 Å². The van der Waals surface area contributed by atoms with Crippen molar-refractivity contribution in [1.29, 1.82) is 0 Å². The number of aryl methyl sites for hydroxylation is 1. The number of rotatable bonds is 8. The van der Waals surface area contributed by atoms with Crippen LogP contribution in [0.25, 0.3) is 11.1 Å². The molecule has 0 aliphatic heterocycles. The fraction of sp³-hybridized carbons (Fsp3) is 0.458. The van der Waals surface area contributed by atoms with Crippen molar-refractivity contribution in [2.45, 2.75) is 64.7 Å². The fourth-order valence-corrected chi connectivity index (χ4v) is 4.21. The van der Waals surface area contributed by atoms with E-state index in [1.807, 2.05) is 12.1 Å². The Morgan fingerprint density at radius 1 is 0.962 bits per heavy atom. The molecule has 1 aliphatic rings. The lowest BCUT2D eigenvalue weighted by molar-refractivity contribution is 0.108. The van der Waals surface area contributed by atoms with E-state index in [1.54, 1.807) is 12.1 Å². The fourth-order valence-electron chi connectivity index (χ4n) is 4.09. The Morgan fingerprint density at radius 2 is 1.69 bits per heavy atom. The molecule has 26 heavy (non-hydrogen) atoms. The monoisotopic (exact) mass is 368 g/mol. The van der Waals surface area contributed by atoms with Crippen LogP contribution in [-0.4, -0.2) is 5.24 Å². The molecule has 0 aromatic heterocycles. The highest BCUT2D eigenvalue weighted by atomic mass is 35.5. The Hall–Kier alpha value is -1.60. The number of halogens is 1. The molecular weight excluding hydrogens is 340 g/mol. The maximum atomic E-state index is 11.2. The minimum absolute atomic E-state index is 0.400. The molecule has 0 spiro atoms. The van der Waals surface area contributed by atoms with Crippen LogP contribution >= 0.6 is 11.6 Å². The summed E-state index contributed by atoms with van der Waals surface area (Å²) in [5, 5.41) is -0.400. The lowest BCUT2D eigenvalue weighted by atomic mass is 9.80. The largest absolute Gasteiger partial charge is 0.276 e. The van der Waals surface area contributed by atoms with Gasteiger partial charge in [0, 0.05) is 5.56 Å². The molecule has 0 N–H and O–H groups in total. The van der Waals surface area contributed by atoms with E-state index in [9.17, 15) is 4.79 Å². The van der Waals surface area contributed by atoms with Crippen LogP contribution in [0.3, 0.4) is 0 Å². The predicted molar refractivity (Wildman–Crippen MR) is 111 cm³/mol. The second-order valence-electron chi connectivity index (χ2n) is 7.65. The lowest BCUT2D eigenvalue weighted by Gasteiger charge is -2.25. The molecule has 0 heterocycles. The van der Waals surface area contributed by atoms with Crippen LogP contribution in [0.1, 0.15) is 73.4 Å². The third-order valence-corrected chi connectivity index (χ3v) is 5.92. The third-order valence-electron chi connectivity index (χ3n) is 5.70. The van der Waals surface area contributed by atoms with E-state index in [0.717, 1.165) is 11.5 Å². The quantitative estimate of drug-likeness (QED) is 0.355. The molecule has 2 heteroatoms. The highest BCUT2D eigenvalue weighted by Gasteiger charge is 2.18. The van der Waals surface area contributed by atoms with Crippen molar-refractivity contribution in [2.24, 2.45) is 5.92 Å². The molecule has 1 aliphatic carbocycles. The molecule has 1 unspecified atom stereocenters. The maximum Gasteiger partial charge on any atom is 0.252 e. The normalized spacial score (nSPS) is 16.3. The molecular formula is C24H29ClO. The van der Waals surface area contributed by atoms with Crippen molar-refractivity contribution < 1.29 is 4.79 Å². The smallest absolute Gasteiger partial charge is 0.252 e. The summed E-state index contributed by atoms with van der Waals surface area (Å²) in [6.45, 7) is 2.28. The lowest BCUT2D eigenvalue weighted by Crippen LogP contribution is -2.14. The molecule has 138 valence electrons. The van der Waals surface area contributed by atoms with Crippen molar-refractivity contribution in [3.8, 4) is 11.1 Å². The number of hydrogen-bond acceptors (Lipinski definition) is 1. The summed E-state index contributed by atoms with van der Waals surface area (Å²) < 4.78 is 0. The second-order valence-corrected chi connectivity index (χ2v) is 7.99. The standard InChI is InChI=1S/C24H29ClO/c1-2-3-4-5-6-7-18-8-9-23-17-22(15-14-21(23)16-18)19-10-12-20(13-11-19)24(25)26/h10-15,17-18H,2-9,16H2,1H3. The summed E-state index contributed by atoms with van der Waals surface area (Å²) in [6.07, 6.45) is 12.0. The molecule has 0 amide bonds. The van der Waals surface area contributed by atoms with Gasteiger partial charge in [0.05, 0.1) is 0 Å². The third kappa shape index (κ3) is 4.98. The number of unbranched alkanes of at least 4 members (excludes halogenated alkanes) is 4. The van der Waals surface area contributed by atoms with Crippen LogP contribution in [0.4, 0.5) is 0 Å². The van der Waals surface area contributed by atoms with Gasteiger partial charge in [-0.2, -0.15) is 0 Å². The Balaban J connectivity index is 1.61. The Morgan fingerprint density at radius 3 is 2.42 bits per heavy atom. The van der Waals surface area contributed by atoms with Crippen molar-refractivity contribution in [2.75, 3.05) is 0 Å². The van der Waals surface area contributed by atoms with Crippen LogP contribution in [0.15, 0.2) is 42.5 Å². The van der Waals surface area contributed by atoms with Gasteiger partial charge in [0.1, 0.15) is 0 Å². The van der Waals surface area contributed by atoms with Crippen LogP contribution < -0.4 is 0 Å². The average molecular weight is 369 g/mol. The SMILES string of the molecule is CCCCCCCC1CCc2cc(-c3ccc(C(=O)Cl)cc3)ccc2C1. The van der Waals surface area contributed by atoms with Crippen LogP contribution in [0.5, 0.6) is 0 Å². The summed E-state index contributed by atoms with van der Waals surface area (Å²) in [4.78, 5) is 11.2. The van der Waals surface area contributed by atoms with E-state index in [4.69, 9.17) is 11.6 Å². The molecule has 0 saturated heterocycles.